The summed E-state index contributed by atoms with van der Waals surface area (Å²) in [4.78, 5) is 28.4. The van der Waals surface area contributed by atoms with Crippen molar-refractivity contribution >= 4 is 40.7 Å². The van der Waals surface area contributed by atoms with E-state index in [0.717, 1.165) is 38.7 Å². The van der Waals surface area contributed by atoms with Gasteiger partial charge in [0, 0.05) is 23.0 Å². The molecule has 1 aliphatic heterocycles. The van der Waals surface area contributed by atoms with E-state index < -0.39 is 12.1 Å². The maximum absolute atomic E-state index is 13.9. The Bertz CT molecular complexity index is 1440. The molecule has 0 fully saturated rings. The van der Waals surface area contributed by atoms with Gasteiger partial charge in [-0.3, -0.25) is 14.7 Å². The van der Waals surface area contributed by atoms with Gasteiger partial charge < -0.3 is 20.3 Å². The predicted octanol–water partition coefficient (Wildman–Crippen LogP) is 4.23. The Balaban J connectivity index is 0.00000336. The number of hydrogen-bond donors (Lipinski definition) is 3. The number of likely N-dealkylation sites (N-methyl/N-ethyl adjacent to an activating group) is 1. The Morgan fingerprint density at radius 1 is 1.18 bits per heavy atom. The number of nitrogens with one attached hydrogen (secondary N) is 3. The number of anilines is 1. The summed E-state index contributed by atoms with van der Waals surface area (Å²) >= 11 is 0. The number of benzene rings is 3. The van der Waals surface area contributed by atoms with Crippen molar-refractivity contribution < 1.29 is 14.3 Å². The summed E-state index contributed by atoms with van der Waals surface area (Å²) in [5, 5.41) is 14.9. The number of nitrogens with zero attached hydrogens (tertiary/aromatic N) is 2. The number of aryl methyl sites for hydroxylation is 1. The van der Waals surface area contributed by atoms with Crippen molar-refractivity contribution in [2.75, 3.05) is 19.1 Å². The number of halogens is 1. The predicted molar refractivity (Wildman–Crippen MR) is 152 cm³/mol. The van der Waals surface area contributed by atoms with Crippen LogP contribution in [0.4, 0.5) is 5.69 Å². The van der Waals surface area contributed by atoms with Crippen LogP contribution in [-0.2, 0) is 22.6 Å². The second-order valence-electron chi connectivity index (χ2n) is 9.33. The lowest BCUT2D eigenvalue weighted by atomic mass is 9.98. The average molecular weight is 534 g/mol. The van der Waals surface area contributed by atoms with Gasteiger partial charge in [-0.1, -0.05) is 36.4 Å². The highest BCUT2D eigenvalue weighted by atomic mass is 35.5. The van der Waals surface area contributed by atoms with Crippen LogP contribution in [0.5, 0.6) is 5.75 Å². The van der Waals surface area contributed by atoms with Gasteiger partial charge in [-0.15, -0.1) is 12.4 Å². The van der Waals surface area contributed by atoms with Gasteiger partial charge >= 0.3 is 0 Å². The lowest BCUT2D eigenvalue weighted by Crippen LogP contribution is -2.52. The Labute approximate surface area is 228 Å². The molecule has 0 aliphatic carbocycles. The highest BCUT2D eigenvalue weighted by Gasteiger charge is 2.33. The molecule has 4 aromatic rings. The van der Waals surface area contributed by atoms with Crippen molar-refractivity contribution in [3.05, 3.63) is 78.1 Å². The maximum Gasteiger partial charge on any atom is 0.249 e. The number of ether oxygens (including phenoxy) is 1. The third-order valence-corrected chi connectivity index (χ3v) is 7.15. The molecule has 0 saturated carbocycles. The largest absolute Gasteiger partial charge is 0.496 e. The van der Waals surface area contributed by atoms with Crippen LogP contribution in [0.25, 0.3) is 21.9 Å². The van der Waals surface area contributed by atoms with Crippen LogP contribution in [0.2, 0.25) is 0 Å². The molecule has 3 aromatic carbocycles. The minimum absolute atomic E-state index is 0. The van der Waals surface area contributed by atoms with Gasteiger partial charge in [0.2, 0.25) is 11.8 Å². The normalized spacial score (nSPS) is 15.8. The molecule has 2 amide bonds. The van der Waals surface area contributed by atoms with Crippen molar-refractivity contribution in [1.29, 1.82) is 0 Å². The summed E-state index contributed by atoms with van der Waals surface area (Å²) in [5.41, 5.74) is 4.91. The Kier molecular flexibility index (Phi) is 8.34. The summed E-state index contributed by atoms with van der Waals surface area (Å²) in [5.74, 6) is 0.388. The maximum atomic E-state index is 13.9. The van der Waals surface area contributed by atoms with E-state index in [1.165, 1.54) is 0 Å². The van der Waals surface area contributed by atoms with Gasteiger partial charge in [0.25, 0.3) is 0 Å². The van der Waals surface area contributed by atoms with Crippen molar-refractivity contribution in [3.63, 3.8) is 0 Å². The van der Waals surface area contributed by atoms with Crippen molar-refractivity contribution in [1.82, 2.24) is 20.8 Å². The molecule has 1 aliphatic rings. The molecular formula is C29H32ClN5O3. The molecule has 5 rings (SSSR count). The molecule has 1 aromatic heterocycles. The van der Waals surface area contributed by atoms with Crippen molar-refractivity contribution in [3.8, 4) is 16.9 Å². The van der Waals surface area contributed by atoms with E-state index in [4.69, 9.17) is 4.74 Å². The fraction of sp³-hybridized carbons (Fsp3) is 0.276. The third-order valence-electron chi connectivity index (χ3n) is 7.15. The highest BCUT2D eigenvalue weighted by Crippen LogP contribution is 2.35. The molecule has 38 heavy (non-hydrogen) atoms. The van der Waals surface area contributed by atoms with Crippen molar-refractivity contribution in [2.45, 2.75) is 38.4 Å². The van der Waals surface area contributed by atoms with Crippen molar-refractivity contribution in [2.24, 2.45) is 0 Å². The van der Waals surface area contributed by atoms with Gasteiger partial charge in [0.05, 0.1) is 25.9 Å². The molecule has 3 N–H and O–H groups in total. The Morgan fingerprint density at radius 2 is 2.00 bits per heavy atom. The number of carbonyl (C=O) groups excluding carboxylic acids is 2. The first-order valence-corrected chi connectivity index (χ1v) is 12.5. The first kappa shape index (κ1) is 27.2. The second kappa shape index (κ2) is 11.7. The zero-order valence-corrected chi connectivity index (χ0v) is 22.5. The quantitative estimate of drug-likeness (QED) is 0.330. The smallest absolute Gasteiger partial charge is 0.249 e. The van der Waals surface area contributed by atoms with Crippen LogP contribution in [0.1, 0.15) is 24.5 Å². The number of aromatic nitrogens is 2. The molecule has 0 spiro atoms. The van der Waals surface area contributed by atoms with Crippen LogP contribution in [0, 0.1) is 0 Å². The topological polar surface area (TPSA) is 99.3 Å². The van der Waals surface area contributed by atoms with E-state index >= 15 is 0 Å². The monoisotopic (exact) mass is 533 g/mol. The van der Waals surface area contributed by atoms with Gasteiger partial charge in [-0.2, -0.15) is 5.10 Å². The first-order chi connectivity index (χ1) is 18.0. The average Bonchev–Trinajstić information content (AvgIpc) is 3.44. The summed E-state index contributed by atoms with van der Waals surface area (Å²) < 4.78 is 5.76. The third kappa shape index (κ3) is 5.23. The Hall–Kier alpha value is -3.88. The van der Waals surface area contributed by atoms with E-state index in [1.54, 1.807) is 32.2 Å². The molecule has 2 unspecified atom stereocenters. The fourth-order valence-corrected chi connectivity index (χ4v) is 4.92. The minimum Gasteiger partial charge on any atom is -0.496 e. The minimum atomic E-state index is -0.621. The van der Waals surface area contributed by atoms with Crippen LogP contribution >= 0.6 is 12.4 Å². The summed E-state index contributed by atoms with van der Waals surface area (Å²) in [6, 6.07) is 17.1. The number of carbonyl (C=O) groups is 2. The van der Waals surface area contributed by atoms with Crippen LogP contribution < -0.4 is 20.3 Å². The molecule has 2 heterocycles. The van der Waals surface area contributed by atoms with Gasteiger partial charge in [0.15, 0.2) is 0 Å². The second-order valence-corrected chi connectivity index (χ2v) is 9.33. The molecule has 0 saturated heterocycles. The van der Waals surface area contributed by atoms with Gasteiger partial charge in [-0.05, 0) is 66.9 Å². The molecule has 198 valence electrons. The van der Waals surface area contributed by atoms with E-state index in [1.807, 2.05) is 42.6 Å². The number of methoxy groups -OCH3 is 1. The standard InChI is InChI=1S/C29H31N5O3.ClH/c1-18(30-2)28(35)33-25-12-9-19-6-4-5-7-26(19)34(29(25)36)17-24-23-11-8-20(22-15-31-32-16-22)14-21(23)10-13-27(24)37-3;/h4-8,10-11,13-16,18,25,30H,9,12,17H2,1-3H3,(H,31,32)(H,33,35);1H. The summed E-state index contributed by atoms with van der Waals surface area (Å²) in [6.07, 6.45) is 4.89. The summed E-state index contributed by atoms with van der Waals surface area (Å²) in [7, 11) is 3.37. The fourth-order valence-electron chi connectivity index (χ4n) is 4.92. The summed E-state index contributed by atoms with van der Waals surface area (Å²) in [6.45, 7) is 2.09. The van der Waals surface area contributed by atoms with Crippen LogP contribution in [0.15, 0.2) is 67.0 Å². The lowest BCUT2D eigenvalue weighted by Gasteiger charge is -2.28. The number of H-pyrrole nitrogens is 1. The number of amides is 2. The van der Waals surface area contributed by atoms with E-state index in [9.17, 15) is 9.59 Å². The molecule has 8 nitrogen and oxygen atoms in total. The molecule has 0 radical (unpaired) electrons. The SMILES string of the molecule is CNC(C)C(=O)NC1CCc2ccccc2N(Cc2c(OC)ccc3cc(-c4cn[nH]c4)ccc23)C1=O.Cl. The molecular weight excluding hydrogens is 502 g/mol. The molecule has 2 atom stereocenters. The number of hydrogen-bond acceptors (Lipinski definition) is 5. The van der Waals surface area contributed by atoms with E-state index in [-0.39, 0.29) is 24.2 Å². The van der Waals surface area contributed by atoms with Gasteiger partial charge in [0.1, 0.15) is 11.8 Å². The van der Waals surface area contributed by atoms with Crippen LogP contribution in [-0.4, -0.2) is 48.3 Å². The zero-order valence-electron chi connectivity index (χ0n) is 21.7. The van der Waals surface area contributed by atoms with E-state index in [2.05, 4.69) is 39.0 Å². The Morgan fingerprint density at radius 3 is 2.74 bits per heavy atom. The molecule has 0 bridgehead atoms. The molecule has 9 heteroatoms. The number of para-hydroxylation sites is 1. The first-order valence-electron chi connectivity index (χ1n) is 12.5. The van der Waals surface area contributed by atoms with Gasteiger partial charge in [-0.25, -0.2) is 0 Å². The van der Waals surface area contributed by atoms with E-state index in [0.29, 0.717) is 25.1 Å². The number of rotatable bonds is 7. The van der Waals surface area contributed by atoms with Crippen LogP contribution in [0.3, 0.4) is 0 Å². The zero-order chi connectivity index (χ0) is 25.9. The highest BCUT2D eigenvalue weighted by molar-refractivity contribution is 6.02. The number of fused-ring (bicyclic) bond motifs is 2. The lowest BCUT2D eigenvalue weighted by molar-refractivity contribution is -0.128. The number of aromatic amines is 1.